The normalized spacial score (nSPS) is 15.1. The van der Waals surface area contributed by atoms with E-state index in [0.29, 0.717) is 19.3 Å². The molecule has 6 nitrogen and oxygen atoms in total. The van der Waals surface area contributed by atoms with Gasteiger partial charge in [-0.25, -0.2) is 4.79 Å². The lowest BCUT2D eigenvalue weighted by molar-refractivity contribution is -0.0303. The van der Waals surface area contributed by atoms with Gasteiger partial charge >= 0.3 is 6.09 Å². The lowest BCUT2D eigenvalue weighted by Crippen LogP contribution is -2.48. The number of rotatable bonds is 10. The summed E-state index contributed by atoms with van der Waals surface area (Å²) >= 11 is 1.51. The van der Waals surface area contributed by atoms with Crippen molar-refractivity contribution in [3.63, 3.8) is 0 Å². The topological polar surface area (TPSA) is 111 Å². The molecule has 7 heteroatoms. The summed E-state index contributed by atoms with van der Waals surface area (Å²) in [4.78, 5) is 16.7. The summed E-state index contributed by atoms with van der Waals surface area (Å²) in [5.41, 5.74) is 15.7. The van der Waals surface area contributed by atoms with Crippen LogP contribution in [0.5, 0.6) is 0 Å². The molecule has 1 amide bonds. The predicted octanol–water partition coefficient (Wildman–Crippen LogP) is 2.94. The fourth-order valence-electron chi connectivity index (χ4n) is 3.64. The van der Waals surface area contributed by atoms with Crippen molar-refractivity contribution in [1.82, 2.24) is 4.98 Å². The van der Waals surface area contributed by atoms with Crippen LogP contribution in [0.3, 0.4) is 0 Å². The summed E-state index contributed by atoms with van der Waals surface area (Å²) in [6.45, 7) is 0. The van der Waals surface area contributed by atoms with Gasteiger partial charge in [0, 0.05) is 29.5 Å². The Morgan fingerprint density at radius 1 is 1.00 bits per heavy atom. The number of carbonyl (C=O) groups excluding carboxylic acids is 1. The highest BCUT2D eigenvalue weighted by Crippen LogP contribution is 2.25. The summed E-state index contributed by atoms with van der Waals surface area (Å²) in [6.07, 6.45) is 0.554. The number of nitrogens with zero attached hydrogens (tertiary/aromatic N) is 1. The molecular weight excluding hydrogens is 398 g/mol. The number of hydrogen-bond donors (Lipinski definition) is 3. The highest BCUT2D eigenvalue weighted by Gasteiger charge is 2.34. The standard InChI is InChI=1S/C23H27N3O3S/c24-20(11-16-7-3-1-4-8-16)19(13-18-14-26-15-30-18)22(27)21(29-23(25)28)12-17-9-5-2-6-10-17/h1-10,14-15,19-22,27H,11-13,24H2,(H2,25,28)/t19?,20-,21-,22-/m0/s1. The maximum Gasteiger partial charge on any atom is 0.404 e. The van der Waals surface area contributed by atoms with Crippen molar-refractivity contribution in [1.29, 1.82) is 0 Å². The molecule has 0 spiro atoms. The third kappa shape index (κ3) is 6.38. The van der Waals surface area contributed by atoms with Gasteiger partial charge < -0.3 is 21.3 Å². The summed E-state index contributed by atoms with van der Waals surface area (Å²) in [7, 11) is 0. The number of primary amides is 1. The summed E-state index contributed by atoms with van der Waals surface area (Å²) in [6, 6.07) is 19.1. The second kappa shape index (κ2) is 10.9. The van der Waals surface area contributed by atoms with Gasteiger partial charge in [0.1, 0.15) is 6.10 Å². The van der Waals surface area contributed by atoms with Crippen LogP contribution in [-0.4, -0.2) is 34.4 Å². The number of aliphatic hydroxyl groups is 1. The first kappa shape index (κ1) is 22.0. The maximum absolute atomic E-state index is 11.6. The molecule has 0 aliphatic rings. The van der Waals surface area contributed by atoms with E-state index in [1.807, 2.05) is 60.7 Å². The van der Waals surface area contributed by atoms with E-state index in [4.69, 9.17) is 16.2 Å². The SMILES string of the molecule is NC(=O)O[C@@H](Cc1ccccc1)[C@@H](O)C(Cc1cncs1)[C@@H](N)Cc1ccccc1. The van der Waals surface area contributed by atoms with Crippen molar-refractivity contribution in [3.05, 3.63) is 88.4 Å². The van der Waals surface area contributed by atoms with Gasteiger partial charge in [0.25, 0.3) is 0 Å². The summed E-state index contributed by atoms with van der Waals surface area (Å²) < 4.78 is 5.34. The van der Waals surface area contributed by atoms with E-state index in [1.165, 1.54) is 11.3 Å². The van der Waals surface area contributed by atoms with Crippen LogP contribution in [0.15, 0.2) is 72.4 Å². The highest BCUT2D eigenvalue weighted by molar-refractivity contribution is 7.09. The molecule has 2 aromatic carbocycles. The van der Waals surface area contributed by atoms with Gasteiger partial charge in [-0.2, -0.15) is 0 Å². The Kier molecular flexibility index (Phi) is 7.96. The van der Waals surface area contributed by atoms with Crippen LogP contribution >= 0.6 is 11.3 Å². The smallest absolute Gasteiger partial charge is 0.404 e. The van der Waals surface area contributed by atoms with Gasteiger partial charge in [-0.3, -0.25) is 4.98 Å². The number of benzene rings is 2. The number of aliphatic hydroxyl groups excluding tert-OH is 1. The van der Waals surface area contributed by atoms with Gasteiger partial charge in [-0.05, 0) is 24.0 Å². The maximum atomic E-state index is 11.6. The minimum Gasteiger partial charge on any atom is -0.443 e. The first-order chi connectivity index (χ1) is 14.5. The molecule has 30 heavy (non-hydrogen) atoms. The fourth-order valence-corrected chi connectivity index (χ4v) is 4.31. The quantitative estimate of drug-likeness (QED) is 0.462. The predicted molar refractivity (Wildman–Crippen MR) is 118 cm³/mol. The fraction of sp³-hybridized carbons (Fsp3) is 0.304. The van der Waals surface area contributed by atoms with Crippen LogP contribution < -0.4 is 11.5 Å². The van der Waals surface area contributed by atoms with Crippen molar-refractivity contribution < 1.29 is 14.6 Å². The van der Waals surface area contributed by atoms with Crippen LogP contribution in [-0.2, 0) is 24.0 Å². The number of aromatic nitrogens is 1. The van der Waals surface area contributed by atoms with Gasteiger partial charge in [0.2, 0.25) is 0 Å². The van der Waals surface area contributed by atoms with Crippen LogP contribution in [0, 0.1) is 5.92 Å². The minimum absolute atomic E-state index is 0.348. The zero-order valence-electron chi connectivity index (χ0n) is 16.6. The van der Waals surface area contributed by atoms with Gasteiger partial charge in [-0.15, -0.1) is 11.3 Å². The Labute approximate surface area is 180 Å². The third-order valence-electron chi connectivity index (χ3n) is 5.15. The Morgan fingerprint density at radius 3 is 2.13 bits per heavy atom. The molecule has 0 fully saturated rings. The molecule has 5 N–H and O–H groups in total. The molecule has 0 saturated heterocycles. The van der Waals surface area contributed by atoms with E-state index in [-0.39, 0.29) is 12.0 Å². The first-order valence-electron chi connectivity index (χ1n) is 9.88. The molecule has 0 aliphatic carbocycles. The second-order valence-corrected chi connectivity index (χ2v) is 8.32. The van der Waals surface area contributed by atoms with Crippen LogP contribution in [0.1, 0.15) is 16.0 Å². The van der Waals surface area contributed by atoms with Gasteiger partial charge in [0.15, 0.2) is 0 Å². The Morgan fingerprint density at radius 2 is 1.60 bits per heavy atom. The van der Waals surface area contributed by atoms with Crippen molar-refractivity contribution in [2.24, 2.45) is 17.4 Å². The molecule has 0 radical (unpaired) electrons. The van der Waals surface area contributed by atoms with E-state index in [0.717, 1.165) is 16.0 Å². The highest BCUT2D eigenvalue weighted by atomic mass is 32.1. The number of amides is 1. The van der Waals surface area contributed by atoms with Crippen molar-refractivity contribution in [2.45, 2.75) is 37.5 Å². The molecule has 0 aliphatic heterocycles. The van der Waals surface area contributed by atoms with Gasteiger partial charge in [-0.1, -0.05) is 60.7 Å². The number of carbonyl (C=O) groups is 1. The minimum atomic E-state index is -0.987. The number of ether oxygens (including phenoxy) is 1. The van der Waals surface area contributed by atoms with E-state index in [1.54, 1.807) is 11.7 Å². The molecule has 3 rings (SSSR count). The van der Waals surface area contributed by atoms with E-state index >= 15 is 0 Å². The molecule has 1 aromatic heterocycles. The van der Waals surface area contributed by atoms with Crippen molar-refractivity contribution in [2.75, 3.05) is 0 Å². The second-order valence-electron chi connectivity index (χ2n) is 7.34. The molecule has 1 unspecified atom stereocenters. The molecule has 1 heterocycles. The molecule has 158 valence electrons. The number of thiazole rings is 1. The van der Waals surface area contributed by atoms with Crippen LogP contribution in [0.2, 0.25) is 0 Å². The van der Waals surface area contributed by atoms with E-state index in [2.05, 4.69) is 4.98 Å². The lowest BCUT2D eigenvalue weighted by Gasteiger charge is -2.33. The number of nitrogens with two attached hydrogens (primary N) is 2. The third-order valence-corrected chi connectivity index (χ3v) is 5.95. The molecule has 0 bridgehead atoms. The van der Waals surface area contributed by atoms with Gasteiger partial charge in [0.05, 0.1) is 11.6 Å². The van der Waals surface area contributed by atoms with E-state index in [9.17, 15) is 9.90 Å². The Balaban J connectivity index is 1.83. The van der Waals surface area contributed by atoms with Crippen LogP contribution in [0.25, 0.3) is 0 Å². The lowest BCUT2D eigenvalue weighted by atomic mass is 9.83. The first-order valence-corrected chi connectivity index (χ1v) is 10.8. The zero-order chi connectivity index (χ0) is 21.3. The van der Waals surface area contributed by atoms with Crippen molar-refractivity contribution >= 4 is 17.4 Å². The molecule has 0 saturated carbocycles. The Hall–Kier alpha value is -2.74. The number of hydrogen-bond acceptors (Lipinski definition) is 6. The monoisotopic (exact) mass is 425 g/mol. The largest absolute Gasteiger partial charge is 0.443 e. The summed E-state index contributed by atoms with van der Waals surface area (Å²) in [5, 5.41) is 11.3. The average molecular weight is 426 g/mol. The molecular formula is C23H27N3O3S. The molecule has 3 aromatic rings. The zero-order valence-corrected chi connectivity index (χ0v) is 17.4. The molecule has 4 atom stereocenters. The Bertz CT molecular complexity index is 891. The van der Waals surface area contributed by atoms with Crippen molar-refractivity contribution in [3.8, 4) is 0 Å². The summed E-state index contributed by atoms with van der Waals surface area (Å²) in [5.74, 6) is -0.348. The van der Waals surface area contributed by atoms with Crippen LogP contribution in [0.4, 0.5) is 4.79 Å². The average Bonchev–Trinajstić information content (AvgIpc) is 3.25. The van der Waals surface area contributed by atoms with E-state index < -0.39 is 18.3 Å².